The molecule has 0 spiro atoms. The number of nitrogens with one attached hydrogen (secondary N) is 1. The van der Waals surface area contributed by atoms with E-state index in [1.54, 1.807) is 0 Å². The molecule has 0 amide bonds. The third-order valence-corrected chi connectivity index (χ3v) is 4.43. The molecule has 4 aromatic rings. The highest BCUT2D eigenvalue weighted by molar-refractivity contribution is 6.26. The van der Waals surface area contributed by atoms with Crippen molar-refractivity contribution in [1.82, 2.24) is 0 Å². The van der Waals surface area contributed by atoms with E-state index in [1.165, 1.54) is 43.6 Å². The molecule has 0 heterocycles. The maximum absolute atomic E-state index is 3.60. The van der Waals surface area contributed by atoms with Gasteiger partial charge in [-0.05, 0) is 51.9 Å². The van der Waals surface area contributed by atoms with Crippen LogP contribution in [0.2, 0.25) is 0 Å². The van der Waals surface area contributed by atoms with E-state index in [-0.39, 0.29) is 0 Å². The molecule has 0 aromatic heterocycles. The Kier molecular flexibility index (Phi) is 2.75. The molecular formula is C20H19N. The summed E-state index contributed by atoms with van der Waals surface area (Å²) in [6, 6.07) is 17.9. The topological polar surface area (TPSA) is 12.0 Å². The van der Waals surface area contributed by atoms with Crippen molar-refractivity contribution >= 4 is 38.0 Å². The summed E-state index contributed by atoms with van der Waals surface area (Å²) in [6.45, 7) is 5.42. The molecule has 0 aliphatic carbocycles. The van der Waals surface area contributed by atoms with Crippen LogP contribution in [-0.4, -0.2) is 6.54 Å². The molecule has 0 atom stereocenters. The Labute approximate surface area is 124 Å². The summed E-state index contributed by atoms with van der Waals surface area (Å²) in [6.07, 6.45) is 1.14. The Balaban J connectivity index is 2.21. The normalized spacial score (nSPS) is 11.7. The highest BCUT2D eigenvalue weighted by Crippen LogP contribution is 2.39. The van der Waals surface area contributed by atoms with Gasteiger partial charge in [-0.1, -0.05) is 49.4 Å². The van der Waals surface area contributed by atoms with Gasteiger partial charge in [0.2, 0.25) is 0 Å². The Morgan fingerprint density at radius 2 is 1.57 bits per heavy atom. The van der Waals surface area contributed by atoms with Crippen LogP contribution in [0.15, 0.2) is 48.5 Å². The van der Waals surface area contributed by atoms with E-state index in [2.05, 4.69) is 67.7 Å². The van der Waals surface area contributed by atoms with Crippen LogP contribution in [0, 0.1) is 6.92 Å². The minimum absolute atomic E-state index is 1.01. The predicted molar refractivity (Wildman–Crippen MR) is 93.7 cm³/mol. The third kappa shape index (κ3) is 1.77. The van der Waals surface area contributed by atoms with E-state index in [9.17, 15) is 0 Å². The van der Waals surface area contributed by atoms with Gasteiger partial charge in [0.1, 0.15) is 0 Å². The fourth-order valence-electron chi connectivity index (χ4n) is 3.36. The summed E-state index contributed by atoms with van der Waals surface area (Å²) in [7, 11) is 0. The van der Waals surface area contributed by atoms with E-state index in [0.717, 1.165) is 13.0 Å². The number of benzene rings is 4. The zero-order valence-electron chi connectivity index (χ0n) is 12.5. The second-order valence-electron chi connectivity index (χ2n) is 5.85. The van der Waals surface area contributed by atoms with Crippen LogP contribution in [0.1, 0.15) is 18.9 Å². The molecule has 0 unspecified atom stereocenters. The molecule has 0 saturated carbocycles. The Morgan fingerprint density at radius 1 is 0.857 bits per heavy atom. The molecule has 1 N–H and O–H groups in total. The highest BCUT2D eigenvalue weighted by atomic mass is 14.9. The van der Waals surface area contributed by atoms with Crippen LogP contribution in [0.5, 0.6) is 0 Å². The predicted octanol–water partition coefficient (Wildman–Crippen LogP) is 5.71. The first-order valence-corrected chi connectivity index (χ1v) is 7.70. The molecule has 1 heteroatoms. The van der Waals surface area contributed by atoms with Gasteiger partial charge in [-0.3, -0.25) is 0 Å². The number of anilines is 1. The average Bonchev–Trinajstić information content (AvgIpc) is 2.52. The zero-order valence-corrected chi connectivity index (χ0v) is 12.5. The maximum atomic E-state index is 3.60. The van der Waals surface area contributed by atoms with E-state index < -0.39 is 0 Å². The Bertz CT molecular complexity index is 937. The van der Waals surface area contributed by atoms with Gasteiger partial charge in [0.25, 0.3) is 0 Å². The molecule has 1 nitrogen and oxygen atoms in total. The smallest absolute Gasteiger partial charge is 0.0426 e. The molecule has 0 bridgehead atoms. The van der Waals surface area contributed by atoms with Gasteiger partial charge in [-0.25, -0.2) is 0 Å². The summed E-state index contributed by atoms with van der Waals surface area (Å²) < 4.78 is 0. The molecule has 104 valence electrons. The van der Waals surface area contributed by atoms with Crippen molar-refractivity contribution in [3.05, 3.63) is 54.1 Å². The van der Waals surface area contributed by atoms with Gasteiger partial charge >= 0.3 is 0 Å². The lowest BCUT2D eigenvalue weighted by Crippen LogP contribution is -2.01. The highest BCUT2D eigenvalue weighted by Gasteiger charge is 2.12. The number of hydrogen-bond donors (Lipinski definition) is 1. The van der Waals surface area contributed by atoms with E-state index >= 15 is 0 Å². The van der Waals surface area contributed by atoms with Gasteiger partial charge in [0.15, 0.2) is 0 Å². The van der Waals surface area contributed by atoms with Crippen molar-refractivity contribution in [2.75, 3.05) is 11.9 Å². The van der Waals surface area contributed by atoms with Crippen molar-refractivity contribution in [2.45, 2.75) is 20.3 Å². The lowest BCUT2D eigenvalue weighted by atomic mass is 9.91. The lowest BCUT2D eigenvalue weighted by molar-refractivity contribution is 0.982. The largest absolute Gasteiger partial charge is 0.385 e. The number of rotatable bonds is 3. The third-order valence-electron chi connectivity index (χ3n) is 4.43. The molecule has 0 saturated heterocycles. The van der Waals surface area contributed by atoms with E-state index in [1.807, 2.05) is 0 Å². The molecule has 21 heavy (non-hydrogen) atoms. The standard InChI is InChI=1S/C20H19N/c1-3-11-21-18-12-17-13(2)7-8-15-10-9-14-5-4-6-16(18)19(14)20(15)17/h4-10,12,21H,3,11H2,1-2H3. The second kappa shape index (κ2) is 4.63. The van der Waals surface area contributed by atoms with Crippen LogP contribution >= 0.6 is 0 Å². The fraction of sp³-hybridized carbons (Fsp3) is 0.200. The van der Waals surface area contributed by atoms with Crippen molar-refractivity contribution < 1.29 is 0 Å². The van der Waals surface area contributed by atoms with Crippen LogP contribution in [0.25, 0.3) is 32.3 Å². The summed E-state index contributed by atoms with van der Waals surface area (Å²) >= 11 is 0. The van der Waals surface area contributed by atoms with Gasteiger partial charge in [0.05, 0.1) is 0 Å². The van der Waals surface area contributed by atoms with E-state index in [0.29, 0.717) is 0 Å². The molecule has 4 rings (SSSR count). The molecule has 0 fully saturated rings. The Hall–Kier alpha value is -2.28. The maximum Gasteiger partial charge on any atom is 0.0426 e. The molecule has 0 aliphatic heterocycles. The summed E-state index contributed by atoms with van der Waals surface area (Å²) in [5.41, 5.74) is 2.61. The van der Waals surface area contributed by atoms with Crippen LogP contribution < -0.4 is 5.32 Å². The monoisotopic (exact) mass is 273 g/mol. The summed E-state index contributed by atoms with van der Waals surface area (Å²) in [5.74, 6) is 0. The number of aryl methyl sites for hydroxylation is 1. The first-order chi connectivity index (χ1) is 10.3. The quantitative estimate of drug-likeness (QED) is 0.471. The van der Waals surface area contributed by atoms with Crippen LogP contribution in [-0.2, 0) is 0 Å². The van der Waals surface area contributed by atoms with Crippen molar-refractivity contribution in [3.8, 4) is 0 Å². The van der Waals surface area contributed by atoms with Gasteiger partial charge in [0, 0.05) is 17.6 Å². The molecular weight excluding hydrogens is 254 g/mol. The van der Waals surface area contributed by atoms with Gasteiger partial charge < -0.3 is 5.32 Å². The summed E-state index contributed by atoms with van der Waals surface area (Å²) in [4.78, 5) is 0. The van der Waals surface area contributed by atoms with Crippen molar-refractivity contribution in [3.63, 3.8) is 0 Å². The molecule has 4 aromatic carbocycles. The van der Waals surface area contributed by atoms with Gasteiger partial charge in [-0.2, -0.15) is 0 Å². The molecule has 0 radical (unpaired) electrons. The average molecular weight is 273 g/mol. The van der Waals surface area contributed by atoms with Gasteiger partial charge in [-0.15, -0.1) is 0 Å². The second-order valence-corrected chi connectivity index (χ2v) is 5.85. The van der Waals surface area contributed by atoms with Crippen LogP contribution in [0.3, 0.4) is 0 Å². The number of hydrogen-bond acceptors (Lipinski definition) is 1. The lowest BCUT2D eigenvalue weighted by Gasteiger charge is -2.16. The zero-order chi connectivity index (χ0) is 14.4. The van der Waals surface area contributed by atoms with Crippen molar-refractivity contribution in [1.29, 1.82) is 0 Å². The SMILES string of the molecule is CCCNc1cc2c(C)ccc3ccc4cccc1c4c32. The first kappa shape index (κ1) is 12.5. The minimum Gasteiger partial charge on any atom is -0.385 e. The fourth-order valence-corrected chi connectivity index (χ4v) is 3.36. The minimum atomic E-state index is 1.01. The van der Waals surface area contributed by atoms with Crippen molar-refractivity contribution in [2.24, 2.45) is 0 Å². The first-order valence-electron chi connectivity index (χ1n) is 7.70. The van der Waals surface area contributed by atoms with E-state index in [4.69, 9.17) is 0 Å². The van der Waals surface area contributed by atoms with Crippen LogP contribution in [0.4, 0.5) is 5.69 Å². The Morgan fingerprint density at radius 3 is 2.38 bits per heavy atom. The molecule has 0 aliphatic rings. The summed E-state index contributed by atoms with van der Waals surface area (Å²) in [5, 5.41) is 11.8.